The molecule has 1 atom stereocenters. The lowest BCUT2D eigenvalue weighted by molar-refractivity contribution is 0.564. The minimum absolute atomic E-state index is 0.201. The van der Waals surface area contributed by atoms with Crippen molar-refractivity contribution in [2.45, 2.75) is 26.4 Å². The van der Waals surface area contributed by atoms with Crippen LogP contribution in [-0.4, -0.2) is 9.38 Å². The summed E-state index contributed by atoms with van der Waals surface area (Å²) in [6.45, 7) is 4.95. The molecule has 0 saturated carbocycles. The van der Waals surface area contributed by atoms with E-state index in [4.69, 9.17) is 11.6 Å². The topological polar surface area (TPSA) is 29.3 Å². The Hall–Kier alpha value is -1.36. The second kappa shape index (κ2) is 5.56. The molecule has 0 radical (unpaired) electrons. The number of rotatable bonds is 4. The Morgan fingerprint density at radius 3 is 3.00 bits per heavy atom. The minimum Gasteiger partial charge on any atom is -0.305 e. The largest absolute Gasteiger partial charge is 0.305 e. The molecule has 0 bridgehead atoms. The zero-order chi connectivity index (χ0) is 14.1. The molecule has 0 aliphatic carbocycles. The summed E-state index contributed by atoms with van der Waals surface area (Å²) >= 11 is 7.89. The van der Waals surface area contributed by atoms with Crippen molar-refractivity contribution >= 4 is 27.9 Å². The summed E-state index contributed by atoms with van der Waals surface area (Å²) in [4.78, 5) is 5.60. The fraction of sp³-hybridized carbons (Fsp3) is 0.267. The van der Waals surface area contributed by atoms with E-state index < -0.39 is 0 Å². The van der Waals surface area contributed by atoms with Gasteiger partial charge in [0.05, 0.1) is 11.4 Å². The van der Waals surface area contributed by atoms with E-state index >= 15 is 0 Å². The van der Waals surface area contributed by atoms with Gasteiger partial charge in [-0.3, -0.25) is 4.40 Å². The number of hydrogen-bond acceptors (Lipinski definition) is 3. The molecule has 0 saturated heterocycles. The molecule has 0 amide bonds. The molecule has 0 aliphatic heterocycles. The molecule has 3 aromatic rings. The summed E-state index contributed by atoms with van der Waals surface area (Å²) in [7, 11) is 0. The third kappa shape index (κ3) is 2.46. The number of nitrogens with one attached hydrogen (secondary N) is 1. The highest BCUT2D eigenvalue weighted by molar-refractivity contribution is 7.15. The van der Waals surface area contributed by atoms with Gasteiger partial charge in [0, 0.05) is 29.2 Å². The fourth-order valence-corrected chi connectivity index (χ4v) is 3.42. The molecule has 5 heteroatoms. The highest BCUT2D eigenvalue weighted by Gasteiger charge is 2.12. The van der Waals surface area contributed by atoms with Gasteiger partial charge in [0.15, 0.2) is 4.96 Å². The average Bonchev–Trinajstić information content (AvgIpc) is 2.97. The lowest BCUT2D eigenvalue weighted by Crippen LogP contribution is -2.19. The van der Waals surface area contributed by atoms with Crippen LogP contribution in [0.25, 0.3) is 4.96 Å². The van der Waals surface area contributed by atoms with Crippen molar-refractivity contribution < 1.29 is 0 Å². The molecule has 0 spiro atoms. The number of imidazole rings is 1. The van der Waals surface area contributed by atoms with Crippen molar-refractivity contribution in [1.29, 1.82) is 0 Å². The Bertz CT molecular complexity index is 732. The van der Waals surface area contributed by atoms with Crippen molar-refractivity contribution in [3.8, 4) is 0 Å². The molecule has 2 aromatic heterocycles. The monoisotopic (exact) mass is 305 g/mol. The average molecular weight is 306 g/mol. The molecule has 0 aliphatic rings. The molecule has 3 rings (SSSR count). The van der Waals surface area contributed by atoms with Crippen LogP contribution in [0.4, 0.5) is 0 Å². The molecule has 1 N–H and O–H groups in total. The van der Waals surface area contributed by atoms with Crippen molar-refractivity contribution in [2.24, 2.45) is 0 Å². The molecular weight excluding hydrogens is 290 g/mol. The van der Waals surface area contributed by atoms with Crippen molar-refractivity contribution in [2.75, 3.05) is 0 Å². The van der Waals surface area contributed by atoms with Crippen LogP contribution in [0.3, 0.4) is 0 Å². The second-order valence-electron chi connectivity index (χ2n) is 4.82. The summed E-state index contributed by atoms with van der Waals surface area (Å²) in [5.41, 5.74) is 3.41. The standard InChI is InChI=1S/C15H16ClN3S/c1-10(12-5-3-4-6-13(12)16)17-9-14-11(2)18-15-19(14)7-8-20-15/h3-8,10,17H,9H2,1-2H3/t10-/m0/s1. The number of aromatic nitrogens is 2. The quantitative estimate of drug-likeness (QED) is 0.782. The van der Waals surface area contributed by atoms with Crippen LogP contribution in [0.1, 0.15) is 29.9 Å². The van der Waals surface area contributed by atoms with Gasteiger partial charge in [-0.05, 0) is 25.5 Å². The zero-order valence-electron chi connectivity index (χ0n) is 11.4. The molecule has 1 aromatic carbocycles. The van der Waals surface area contributed by atoms with E-state index in [-0.39, 0.29) is 6.04 Å². The van der Waals surface area contributed by atoms with Crippen LogP contribution < -0.4 is 5.32 Å². The number of benzene rings is 1. The first-order valence-electron chi connectivity index (χ1n) is 6.55. The Morgan fingerprint density at radius 1 is 1.40 bits per heavy atom. The number of halogens is 1. The second-order valence-corrected chi connectivity index (χ2v) is 6.10. The van der Waals surface area contributed by atoms with E-state index in [0.717, 1.165) is 27.8 Å². The maximum absolute atomic E-state index is 6.23. The summed E-state index contributed by atoms with van der Waals surface area (Å²) < 4.78 is 2.15. The van der Waals surface area contributed by atoms with E-state index in [9.17, 15) is 0 Å². The summed E-state index contributed by atoms with van der Waals surface area (Å²) in [6, 6.07) is 8.15. The number of fused-ring (bicyclic) bond motifs is 1. The predicted molar refractivity (Wildman–Crippen MR) is 84.5 cm³/mol. The Labute approximate surface area is 127 Å². The molecular formula is C15H16ClN3S. The Morgan fingerprint density at radius 2 is 2.20 bits per heavy atom. The van der Waals surface area contributed by atoms with E-state index in [2.05, 4.69) is 46.2 Å². The Balaban J connectivity index is 1.78. The molecule has 3 nitrogen and oxygen atoms in total. The summed E-state index contributed by atoms with van der Waals surface area (Å²) in [5.74, 6) is 0. The van der Waals surface area contributed by atoms with Gasteiger partial charge in [-0.25, -0.2) is 4.98 Å². The first kappa shape index (κ1) is 13.6. The zero-order valence-corrected chi connectivity index (χ0v) is 13.0. The summed E-state index contributed by atoms with van der Waals surface area (Å²) in [6.07, 6.45) is 2.07. The Kier molecular flexibility index (Phi) is 3.78. The third-order valence-corrected chi connectivity index (χ3v) is 4.61. The van der Waals surface area contributed by atoms with Gasteiger partial charge in [0.25, 0.3) is 0 Å². The normalized spacial score (nSPS) is 12.9. The van der Waals surface area contributed by atoms with Crippen LogP contribution in [0.15, 0.2) is 35.8 Å². The van der Waals surface area contributed by atoms with Crippen molar-refractivity contribution in [3.05, 3.63) is 57.8 Å². The van der Waals surface area contributed by atoms with Crippen LogP contribution in [-0.2, 0) is 6.54 Å². The van der Waals surface area contributed by atoms with Gasteiger partial charge >= 0.3 is 0 Å². The van der Waals surface area contributed by atoms with Crippen LogP contribution in [0.2, 0.25) is 5.02 Å². The number of aryl methyl sites for hydroxylation is 1. The van der Waals surface area contributed by atoms with Gasteiger partial charge in [0.1, 0.15) is 0 Å². The lowest BCUT2D eigenvalue weighted by atomic mass is 10.1. The lowest BCUT2D eigenvalue weighted by Gasteiger charge is -2.15. The minimum atomic E-state index is 0.201. The highest BCUT2D eigenvalue weighted by Crippen LogP contribution is 2.23. The maximum Gasteiger partial charge on any atom is 0.194 e. The van der Waals surface area contributed by atoms with E-state index in [1.54, 1.807) is 11.3 Å². The van der Waals surface area contributed by atoms with Gasteiger partial charge in [-0.2, -0.15) is 0 Å². The van der Waals surface area contributed by atoms with Crippen molar-refractivity contribution in [1.82, 2.24) is 14.7 Å². The number of hydrogen-bond donors (Lipinski definition) is 1. The number of nitrogens with zero attached hydrogens (tertiary/aromatic N) is 2. The fourth-order valence-electron chi connectivity index (χ4n) is 2.34. The van der Waals surface area contributed by atoms with Crippen LogP contribution in [0.5, 0.6) is 0 Å². The molecule has 104 valence electrons. The predicted octanol–water partition coefficient (Wildman–Crippen LogP) is 4.21. The summed E-state index contributed by atoms with van der Waals surface area (Å²) in [5, 5.41) is 6.39. The van der Waals surface area contributed by atoms with E-state index in [1.807, 2.05) is 18.2 Å². The van der Waals surface area contributed by atoms with Gasteiger partial charge in [-0.1, -0.05) is 29.8 Å². The van der Waals surface area contributed by atoms with Crippen molar-refractivity contribution in [3.63, 3.8) is 0 Å². The van der Waals surface area contributed by atoms with E-state index in [1.165, 1.54) is 5.69 Å². The van der Waals surface area contributed by atoms with E-state index in [0.29, 0.717) is 0 Å². The van der Waals surface area contributed by atoms with Crippen LogP contribution in [0, 0.1) is 6.92 Å². The highest BCUT2D eigenvalue weighted by atomic mass is 35.5. The first-order valence-corrected chi connectivity index (χ1v) is 7.81. The molecule has 0 unspecified atom stereocenters. The first-order chi connectivity index (χ1) is 9.66. The number of thiazole rings is 1. The third-order valence-electron chi connectivity index (χ3n) is 3.51. The van der Waals surface area contributed by atoms with Gasteiger partial charge in [-0.15, -0.1) is 11.3 Å². The SMILES string of the molecule is Cc1nc2sccn2c1CN[C@@H](C)c1ccccc1Cl. The molecule has 20 heavy (non-hydrogen) atoms. The van der Waals surface area contributed by atoms with Gasteiger partial charge < -0.3 is 5.32 Å². The smallest absolute Gasteiger partial charge is 0.194 e. The molecule has 0 fully saturated rings. The van der Waals surface area contributed by atoms with Gasteiger partial charge in [0.2, 0.25) is 0 Å². The van der Waals surface area contributed by atoms with Crippen LogP contribution >= 0.6 is 22.9 Å². The molecule has 2 heterocycles. The maximum atomic E-state index is 6.23.